The van der Waals surface area contributed by atoms with E-state index < -0.39 is 0 Å². The standard InChI is InChI=1S/C14H20N2/c1-2-4-12(5-3-1)13-7-9-16(11-13)14-6-8-15-10-14/h1-5,13-15H,6-11H2. The quantitative estimate of drug-likeness (QED) is 0.811. The molecular formula is C14H20N2. The topological polar surface area (TPSA) is 15.3 Å². The van der Waals surface area contributed by atoms with Crippen molar-refractivity contribution >= 4 is 0 Å². The van der Waals surface area contributed by atoms with E-state index in [-0.39, 0.29) is 0 Å². The third kappa shape index (κ3) is 2.00. The van der Waals surface area contributed by atoms with Crippen LogP contribution in [-0.4, -0.2) is 37.1 Å². The largest absolute Gasteiger partial charge is 0.315 e. The Morgan fingerprint density at radius 1 is 1.12 bits per heavy atom. The van der Waals surface area contributed by atoms with Crippen molar-refractivity contribution in [2.75, 3.05) is 26.2 Å². The van der Waals surface area contributed by atoms with E-state index >= 15 is 0 Å². The summed E-state index contributed by atoms with van der Waals surface area (Å²) in [6.07, 6.45) is 2.67. The fourth-order valence-electron chi connectivity index (χ4n) is 3.07. The lowest BCUT2D eigenvalue weighted by atomic mass is 9.99. The van der Waals surface area contributed by atoms with Crippen LogP contribution >= 0.6 is 0 Å². The summed E-state index contributed by atoms with van der Waals surface area (Å²) in [7, 11) is 0. The lowest BCUT2D eigenvalue weighted by Crippen LogP contribution is -2.34. The summed E-state index contributed by atoms with van der Waals surface area (Å²) in [5.41, 5.74) is 1.52. The van der Waals surface area contributed by atoms with Gasteiger partial charge in [0, 0.05) is 19.1 Å². The maximum Gasteiger partial charge on any atom is 0.0232 e. The SMILES string of the molecule is c1ccc(C2CCN(C3CCNC3)C2)cc1. The molecule has 2 saturated heterocycles. The molecule has 2 nitrogen and oxygen atoms in total. The van der Waals surface area contributed by atoms with Gasteiger partial charge in [0.25, 0.3) is 0 Å². The fourth-order valence-corrected chi connectivity index (χ4v) is 3.07. The molecule has 1 aromatic carbocycles. The van der Waals surface area contributed by atoms with Gasteiger partial charge >= 0.3 is 0 Å². The molecule has 0 radical (unpaired) electrons. The van der Waals surface area contributed by atoms with Crippen LogP contribution in [-0.2, 0) is 0 Å². The van der Waals surface area contributed by atoms with Crippen LogP contribution in [0.4, 0.5) is 0 Å². The van der Waals surface area contributed by atoms with E-state index in [1.54, 1.807) is 0 Å². The Labute approximate surface area is 97.6 Å². The molecule has 0 spiro atoms. The second kappa shape index (κ2) is 4.56. The Morgan fingerprint density at radius 2 is 2.00 bits per heavy atom. The van der Waals surface area contributed by atoms with E-state index in [4.69, 9.17) is 0 Å². The van der Waals surface area contributed by atoms with Crippen molar-refractivity contribution in [1.82, 2.24) is 10.2 Å². The molecule has 86 valence electrons. The molecule has 2 fully saturated rings. The van der Waals surface area contributed by atoms with E-state index in [2.05, 4.69) is 40.5 Å². The first-order chi connectivity index (χ1) is 7.93. The summed E-state index contributed by atoms with van der Waals surface area (Å²) in [4.78, 5) is 2.68. The van der Waals surface area contributed by atoms with Crippen molar-refractivity contribution in [2.45, 2.75) is 24.8 Å². The van der Waals surface area contributed by atoms with E-state index in [9.17, 15) is 0 Å². The molecule has 0 saturated carbocycles. The van der Waals surface area contributed by atoms with Gasteiger partial charge in [-0.1, -0.05) is 30.3 Å². The molecule has 2 atom stereocenters. The van der Waals surface area contributed by atoms with Gasteiger partial charge in [-0.3, -0.25) is 4.90 Å². The van der Waals surface area contributed by atoms with E-state index in [0.29, 0.717) is 0 Å². The van der Waals surface area contributed by atoms with Crippen LogP contribution in [0.15, 0.2) is 30.3 Å². The van der Waals surface area contributed by atoms with Crippen LogP contribution in [0.2, 0.25) is 0 Å². The molecule has 2 aliphatic heterocycles. The van der Waals surface area contributed by atoms with Gasteiger partial charge in [0.2, 0.25) is 0 Å². The van der Waals surface area contributed by atoms with E-state index in [0.717, 1.165) is 12.0 Å². The van der Waals surface area contributed by atoms with Crippen LogP contribution in [0.5, 0.6) is 0 Å². The zero-order chi connectivity index (χ0) is 10.8. The van der Waals surface area contributed by atoms with Crippen molar-refractivity contribution in [3.8, 4) is 0 Å². The Kier molecular flexibility index (Phi) is 2.94. The van der Waals surface area contributed by atoms with Gasteiger partial charge in [0.1, 0.15) is 0 Å². The lowest BCUT2D eigenvalue weighted by Gasteiger charge is -2.22. The normalized spacial score (nSPS) is 31.0. The molecule has 3 rings (SSSR count). The predicted octanol–water partition coefficient (Wildman–Crippen LogP) is 1.84. The van der Waals surface area contributed by atoms with Crippen molar-refractivity contribution in [2.24, 2.45) is 0 Å². The Bertz CT molecular complexity index is 330. The summed E-state index contributed by atoms with van der Waals surface area (Å²) in [6.45, 7) is 4.95. The minimum absolute atomic E-state index is 0.766. The number of rotatable bonds is 2. The van der Waals surface area contributed by atoms with Crippen LogP contribution in [0, 0.1) is 0 Å². The van der Waals surface area contributed by atoms with Crippen LogP contribution in [0.25, 0.3) is 0 Å². The second-order valence-corrected chi connectivity index (χ2v) is 5.04. The molecule has 1 N–H and O–H groups in total. The Morgan fingerprint density at radius 3 is 2.75 bits per heavy atom. The molecule has 2 heteroatoms. The molecule has 2 unspecified atom stereocenters. The number of likely N-dealkylation sites (tertiary alicyclic amines) is 1. The molecule has 2 aliphatic rings. The first-order valence-electron chi connectivity index (χ1n) is 6.43. The zero-order valence-corrected chi connectivity index (χ0v) is 9.73. The molecular weight excluding hydrogens is 196 g/mol. The van der Waals surface area contributed by atoms with Gasteiger partial charge < -0.3 is 5.32 Å². The number of nitrogens with one attached hydrogen (secondary N) is 1. The lowest BCUT2D eigenvalue weighted by molar-refractivity contribution is 0.255. The zero-order valence-electron chi connectivity index (χ0n) is 9.73. The summed E-state index contributed by atoms with van der Waals surface area (Å²) in [5, 5.41) is 3.46. The third-order valence-corrected chi connectivity index (χ3v) is 4.04. The highest BCUT2D eigenvalue weighted by Crippen LogP contribution is 2.29. The summed E-state index contributed by atoms with van der Waals surface area (Å²) < 4.78 is 0. The number of nitrogens with zero attached hydrogens (tertiary/aromatic N) is 1. The maximum absolute atomic E-state index is 3.46. The van der Waals surface area contributed by atoms with Crippen LogP contribution < -0.4 is 5.32 Å². The number of hydrogen-bond donors (Lipinski definition) is 1. The number of hydrogen-bond acceptors (Lipinski definition) is 2. The molecule has 0 aliphatic carbocycles. The van der Waals surface area contributed by atoms with E-state index in [1.807, 2.05) is 0 Å². The Hall–Kier alpha value is -0.860. The van der Waals surface area contributed by atoms with Crippen molar-refractivity contribution < 1.29 is 0 Å². The summed E-state index contributed by atoms with van der Waals surface area (Å²) in [6, 6.07) is 11.8. The molecule has 0 aromatic heterocycles. The summed E-state index contributed by atoms with van der Waals surface area (Å²) in [5.74, 6) is 0.766. The maximum atomic E-state index is 3.46. The number of benzene rings is 1. The van der Waals surface area contributed by atoms with Crippen LogP contribution in [0.1, 0.15) is 24.3 Å². The summed E-state index contributed by atoms with van der Waals surface area (Å²) >= 11 is 0. The van der Waals surface area contributed by atoms with Crippen molar-refractivity contribution in [3.05, 3.63) is 35.9 Å². The first-order valence-corrected chi connectivity index (χ1v) is 6.43. The predicted molar refractivity (Wildman–Crippen MR) is 66.6 cm³/mol. The van der Waals surface area contributed by atoms with Gasteiger partial charge in [0.05, 0.1) is 0 Å². The fraction of sp³-hybridized carbons (Fsp3) is 0.571. The van der Waals surface area contributed by atoms with Gasteiger partial charge in [0.15, 0.2) is 0 Å². The third-order valence-electron chi connectivity index (χ3n) is 4.04. The minimum atomic E-state index is 0.766. The first kappa shape index (κ1) is 10.3. The average molecular weight is 216 g/mol. The van der Waals surface area contributed by atoms with Crippen LogP contribution in [0.3, 0.4) is 0 Å². The second-order valence-electron chi connectivity index (χ2n) is 5.04. The average Bonchev–Trinajstić information content (AvgIpc) is 3.01. The Balaban J connectivity index is 1.64. The molecule has 0 bridgehead atoms. The van der Waals surface area contributed by atoms with E-state index in [1.165, 1.54) is 44.6 Å². The highest BCUT2D eigenvalue weighted by atomic mass is 15.2. The minimum Gasteiger partial charge on any atom is -0.315 e. The van der Waals surface area contributed by atoms with Gasteiger partial charge in [-0.25, -0.2) is 0 Å². The molecule has 1 aromatic rings. The molecule has 2 heterocycles. The van der Waals surface area contributed by atoms with Gasteiger partial charge in [-0.05, 0) is 37.4 Å². The van der Waals surface area contributed by atoms with Gasteiger partial charge in [-0.15, -0.1) is 0 Å². The highest BCUT2D eigenvalue weighted by Gasteiger charge is 2.30. The van der Waals surface area contributed by atoms with Crippen molar-refractivity contribution in [1.29, 1.82) is 0 Å². The molecule has 16 heavy (non-hydrogen) atoms. The van der Waals surface area contributed by atoms with Crippen molar-refractivity contribution in [3.63, 3.8) is 0 Å². The highest BCUT2D eigenvalue weighted by molar-refractivity contribution is 5.21. The van der Waals surface area contributed by atoms with Gasteiger partial charge in [-0.2, -0.15) is 0 Å². The molecule has 0 amide bonds. The monoisotopic (exact) mass is 216 g/mol. The smallest absolute Gasteiger partial charge is 0.0232 e.